The number of rotatable bonds is 6. The van der Waals surface area contributed by atoms with Gasteiger partial charge in [-0.15, -0.1) is 0 Å². The maximum Gasteiger partial charge on any atom is 0.410 e. The number of benzene rings is 1. The fourth-order valence-corrected chi connectivity index (χ4v) is 9.70. The summed E-state index contributed by atoms with van der Waals surface area (Å²) in [5.74, 6) is -1.62. The van der Waals surface area contributed by atoms with Gasteiger partial charge >= 0.3 is 12.2 Å². The number of sulfonamides is 1. The Balaban J connectivity index is 1.14. The zero-order chi connectivity index (χ0) is 39.3. The molecule has 5 amide bonds. The average Bonchev–Trinajstić information content (AvgIpc) is 4.08. The van der Waals surface area contributed by atoms with Crippen molar-refractivity contribution < 1.29 is 46.6 Å². The van der Waals surface area contributed by atoms with E-state index in [1.165, 1.54) is 4.90 Å². The molecule has 7 rings (SSSR count). The van der Waals surface area contributed by atoms with Crippen molar-refractivity contribution >= 4 is 39.9 Å². The first kappa shape index (κ1) is 39.2. The minimum absolute atomic E-state index is 0.0723. The molecule has 0 aromatic heterocycles. The fourth-order valence-electron chi connectivity index (χ4n) is 8.34. The summed E-state index contributed by atoms with van der Waals surface area (Å²) in [6.45, 7) is 8.46. The van der Waals surface area contributed by atoms with Crippen LogP contribution in [0.25, 0.3) is 0 Å². The van der Waals surface area contributed by atoms with Gasteiger partial charge < -0.3 is 29.7 Å². The SMILES string of the molecule is CC[C@H]1C[C@@]1(NC(=O)[C@@H]1C[C@@H]2CN1C(=O)[C@H](C(C)(C)C)NC(=O)OCC1(CCCCCOc3cccc4c3CN(C4)C(=O)O2)CC1)C(=O)NS(=O)(=O)C1CC1. The van der Waals surface area contributed by atoms with Crippen LogP contribution in [0.4, 0.5) is 9.59 Å². The molecular weight excluding hydrogens is 731 g/mol. The van der Waals surface area contributed by atoms with Crippen LogP contribution in [0, 0.1) is 16.7 Å². The van der Waals surface area contributed by atoms with Gasteiger partial charge in [-0.05, 0) is 67.9 Å². The molecule has 302 valence electrons. The molecule has 3 N–H and O–H groups in total. The van der Waals surface area contributed by atoms with E-state index in [-0.39, 0.29) is 43.9 Å². The lowest BCUT2D eigenvalue weighted by molar-refractivity contribution is -0.143. The summed E-state index contributed by atoms with van der Waals surface area (Å²) in [5, 5.41) is 4.97. The Morgan fingerprint density at radius 3 is 2.45 bits per heavy atom. The number of ether oxygens (including phenoxy) is 3. The second-order valence-electron chi connectivity index (χ2n) is 17.6. The van der Waals surface area contributed by atoms with Crippen LogP contribution in [0.5, 0.6) is 5.75 Å². The van der Waals surface area contributed by atoms with E-state index in [1.54, 1.807) is 25.7 Å². The maximum absolute atomic E-state index is 14.6. The third-order valence-corrected chi connectivity index (χ3v) is 14.1. The summed E-state index contributed by atoms with van der Waals surface area (Å²) < 4.78 is 45.5. The topological polar surface area (TPSA) is 190 Å². The normalized spacial score (nSPS) is 29.9. The van der Waals surface area contributed by atoms with Crippen LogP contribution in [0.15, 0.2) is 18.2 Å². The van der Waals surface area contributed by atoms with Crippen LogP contribution in [0.2, 0.25) is 0 Å². The van der Waals surface area contributed by atoms with Crippen LogP contribution in [0.1, 0.15) is 109 Å². The Morgan fingerprint density at radius 1 is 1.02 bits per heavy atom. The van der Waals surface area contributed by atoms with Crippen molar-refractivity contribution in [3.63, 3.8) is 0 Å². The Bertz CT molecular complexity index is 1820. The lowest BCUT2D eigenvalue weighted by atomic mass is 9.85. The lowest BCUT2D eigenvalue weighted by Crippen LogP contribution is -2.60. The summed E-state index contributed by atoms with van der Waals surface area (Å²) in [4.78, 5) is 72.3. The fraction of sp³-hybridized carbons (Fsp3) is 0.718. The standard InChI is InChI=1S/C39H55N5O10S/c1-5-25-19-39(25,34(47)42-55(50,51)27-12-13-27)41-32(45)29-18-26-21-44(29)33(46)31(37(2,3)4)40-35(48)53-23-38(15-16-38)14-7-6-8-17-52-30-11-9-10-24-20-43(22-28(24)30)36(49)54-26/h9-11,25-27,29,31H,5-8,12-23H2,1-4H3,(H,40,48)(H,41,45)(H,42,47)/t25-,26+,29-,31+,39-/m0/s1. The molecule has 3 aliphatic carbocycles. The molecule has 55 heavy (non-hydrogen) atoms. The van der Waals surface area contributed by atoms with Gasteiger partial charge in [0, 0.05) is 23.9 Å². The Kier molecular flexibility index (Phi) is 10.5. The van der Waals surface area contributed by atoms with Gasteiger partial charge in [0.1, 0.15) is 29.5 Å². The number of carbonyl (C=O) groups is 5. The number of amides is 5. The molecule has 5 atom stereocenters. The number of cyclic esters (lactones) is 1. The summed E-state index contributed by atoms with van der Waals surface area (Å²) in [6.07, 6.45) is 4.97. The molecule has 1 spiro atoms. The van der Waals surface area contributed by atoms with Gasteiger partial charge in [-0.25, -0.2) is 18.0 Å². The number of nitrogens with zero attached hydrogens (tertiary/aromatic N) is 2. The minimum Gasteiger partial charge on any atom is -0.493 e. The van der Waals surface area contributed by atoms with Gasteiger partial charge in [-0.3, -0.25) is 24.0 Å². The molecule has 1 aromatic carbocycles. The number of hydrogen-bond acceptors (Lipinski definition) is 10. The highest BCUT2D eigenvalue weighted by molar-refractivity contribution is 7.91. The van der Waals surface area contributed by atoms with Gasteiger partial charge in [0.2, 0.25) is 21.8 Å². The molecule has 0 radical (unpaired) electrons. The first-order chi connectivity index (χ1) is 26.0. The van der Waals surface area contributed by atoms with Crippen LogP contribution in [-0.4, -0.2) is 96.9 Å². The van der Waals surface area contributed by atoms with Gasteiger partial charge in [0.15, 0.2) is 0 Å². The van der Waals surface area contributed by atoms with E-state index < -0.39 is 74.3 Å². The zero-order valence-electron chi connectivity index (χ0n) is 32.3. The van der Waals surface area contributed by atoms with Gasteiger partial charge in [-0.1, -0.05) is 59.1 Å². The second kappa shape index (κ2) is 14.8. The molecule has 1 saturated heterocycles. The first-order valence-corrected chi connectivity index (χ1v) is 21.4. The highest BCUT2D eigenvalue weighted by Crippen LogP contribution is 2.50. The maximum atomic E-state index is 14.6. The van der Waals surface area contributed by atoms with E-state index in [4.69, 9.17) is 14.2 Å². The van der Waals surface area contributed by atoms with Crippen molar-refractivity contribution in [1.82, 2.24) is 25.2 Å². The third kappa shape index (κ3) is 8.39. The van der Waals surface area contributed by atoms with Gasteiger partial charge in [0.05, 0.1) is 31.6 Å². The molecule has 16 heteroatoms. The van der Waals surface area contributed by atoms with Crippen molar-refractivity contribution in [2.45, 2.75) is 140 Å². The number of hydrogen-bond donors (Lipinski definition) is 3. The Labute approximate surface area is 323 Å². The zero-order valence-corrected chi connectivity index (χ0v) is 33.1. The van der Waals surface area contributed by atoms with E-state index in [2.05, 4.69) is 15.4 Å². The molecule has 3 aliphatic heterocycles. The van der Waals surface area contributed by atoms with E-state index in [0.29, 0.717) is 32.4 Å². The molecule has 6 aliphatic rings. The highest BCUT2D eigenvalue weighted by Gasteiger charge is 2.62. The van der Waals surface area contributed by atoms with Crippen molar-refractivity contribution in [2.75, 3.05) is 19.8 Å². The Hall–Kier alpha value is -4.08. The predicted molar refractivity (Wildman–Crippen MR) is 199 cm³/mol. The number of nitrogens with one attached hydrogen (secondary N) is 3. The summed E-state index contributed by atoms with van der Waals surface area (Å²) in [5.41, 5.74) is -0.490. The molecule has 3 saturated carbocycles. The molecule has 4 bridgehead atoms. The molecular formula is C39H55N5O10S. The van der Waals surface area contributed by atoms with Crippen molar-refractivity contribution in [3.05, 3.63) is 29.3 Å². The third-order valence-electron chi connectivity index (χ3n) is 12.3. The largest absolute Gasteiger partial charge is 0.493 e. The van der Waals surface area contributed by atoms with E-state index in [0.717, 1.165) is 55.4 Å². The van der Waals surface area contributed by atoms with Crippen LogP contribution in [0.3, 0.4) is 0 Å². The Morgan fingerprint density at radius 2 is 1.78 bits per heavy atom. The minimum atomic E-state index is -3.88. The van der Waals surface area contributed by atoms with Crippen molar-refractivity contribution in [1.29, 1.82) is 0 Å². The number of alkyl carbamates (subject to hydrolysis) is 1. The molecule has 3 heterocycles. The predicted octanol–water partition coefficient (Wildman–Crippen LogP) is 3.88. The monoisotopic (exact) mass is 785 g/mol. The van der Waals surface area contributed by atoms with Crippen LogP contribution >= 0.6 is 0 Å². The molecule has 4 fully saturated rings. The smallest absolute Gasteiger partial charge is 0.410 e. The quantitative estimate of drug-likeness (QED) is 0.382. The van der Waals surface area contributed by atoms with Gasteiger partial charge in [-0.2, -0.15) is 0 Å². The van der Waals surface area contributed by atoms with Crippen LogP contribution < -0.4 is 20.1 Å². The number of fused-ring (bicyclic) bond motifs is 3. The van der Waals surface area contributed by atoms with Gasteiger partial charge in [0.25, 0.3) is 5.91 Å². The summed E-state index contributed by atoms with van der Waals surface area (Å²) >= 11 is 0. The first-order valence-electron chi connectivity index (χ1n) is 19.9. The molecule has 1 aromatic rings. The molecule has 0 unspecified atom stereocenters. The average molecular weight is 786 g/mol. The summed E-state index contributed by atoms with van der Waals surface area (Å²) in [7, 11) is -3.88. The van der Waals surface area contributed by atoms with Crippen molar-refractivity contribution in [3.8, 4) is 5.75 Å². The second-order valence-corrected chi connectivity index (χ2v) is 19.6. The number of carbonyl (C=O) groups excluding carboxylic acids is 5. The van der Waals surface area contributed by atoms with E-state index >= 15 is 0 Å². The lowest BCUT2D eigenvalue weighted by Gasteiger charge is -2.35. The van der Waals surface area contributed by atoms with Crippen molar-refractivity contribution in [2.24, 2.45) is 16.7 Å². The van der Waals surface area contributed by atoms with E-state index in [1.807, 2.05) is 25.1 Å². The molecule has 15 nitrogen and oxygen atoms in total. The van der Waals surface area contributed by atoms with Crippen LogP contribution in [-0.2, 0) is 47.0 Å². The van der Waals surface area contributed by atoms with E-state index in [9.17, 15) is 32.4 Å². The highest BCUT2D eigenvalue weighted by atomic mass is 32.2. The summed E-state index contributed by atoms with van der Waals surface area (Å²) in [6, 6.07) is 3.45.